The fourth-order valence-corrected chi connectivity index (χ4v) is 2.65. The first kappa shape index (κ1) is 15.4. The molecule has 2 aromatic carbocycles. The number of rotatable bonds is 2. The third kappa shape index (κ3) is 3.31. The first-order chi connectivity index (χ1) is 11.0. The molecule has 0 N–H and O–H groups in total. The number of carbonyl (C=O) groups is 1. The minimum Gasteiger partial charge on any atom is -0.368 e. The van der Waals surface area contributed by atoms with E-state index in [4.69, 9.17) is 0 Å². The minimum absolute atomic E-state index is 0.128. The maximum Gasteiger partial charge on any atom is 0.254 e. The lowest BCUT2D eigenvalue weighted by atomic mass is 10.1. The molecule has 0 aliphatic carbocycles. The summed E-state index contributed by atoms with van der Waals surface area (Å²) >= 11 is 0. The van der Waals surface area contributed by atoms with Crippen molar-refractivity contribution in [2.45, 2.75) is 0 Å². The molecule has 0 aromatic heterocycles. The molecule has 1 aliphatic rings. The summed E-state index contributed by atoms with van der Waals surface area (Å²) in [4.78, 5) is 15.9. The quantitative estimate of drug-likeness (QED) is 0.849. The van der Waals surface area contributed by atoms with Crippen molar-refractivity contribution in [3.63, 3.8) is 0 Å². The topological polar surface area (TPSA) is 23.6 Å². The third-order valence-corrected chi connectivity index (χ3v) is 3.91. The van der Waals surface area contributed by atoms with Crippen LogP contribution in [0.15, 0.2) is 42.5 Å². The Balaban J connectivity index is 1.66. The summed E-state index contributed by atoms with van der Waals surface area (Å²) in [5.41, 5.74) is 0.896. The lowest BCUT2D eigenvalue weighted by Crippen LogP contribution is -2.48. The Morgan fingerprint density at radius 1 is 0.870 bits per heavy atom. The standard InChI is InChI=1S/C17H15F3N2O/c18-13-2-1-3-14(11-13)21-6-8-22(9-7-21)17(23)12-4-5-15(19)16(20)10-12/h1-5,10-11H,6-9H2. The molecule has 0 radical (unpaired) electrons. The van der Waals surface area contributed by atoms with Crippen molar-refractivity contribution in [1.82, 2.24) is 4.90 Å². The van der Waals surface area contributed by atoms with E-state index in [2.05, 4.69) is 0 Å². The van der Waals surface area contributed by atoms with E-state index < -0.39 is 11.6 Å². The van der Waals surface area contributed by atoms with Crippen LogP contribution in [0.25, 0.3) is 0 Å². The van der Waals surface area contributed by atoms with Crippen LogP contribution < -0.4 is 4.90 Å². The monoisotopic (exact) mass is 320 g/mol. The highest BCUT2D eigenvalue weighted by Crippen LogP contribution is 2.19. The molecule has 1 heterocycles. The Kier molecular flexibility index (Phi) is 4.23. The van der Waals surface area contributed by atoms with Gasteiger partial charge in [-0.1, -0.05) is 6.07 Å². The second kappa shape index (κ2) is 6.32. The molecule has 0 bridgehead atoms. The zero-order valence-corrected chi connectivity index (χ0v) is 12.3. The van der Waals surface area contributed by atoms with Crippen LogP contribution in [0, 0.1) is 17.5 Å². The van der Waals surface area contributed by atoms with Gasteiger partial charge in [-0.05, 0) is 36.4 Å². The molecule has 0 unspecified atom stereocenters. The van der Waals surface area contributed by atoms with Crippen LogP contribution in [-0.2, 0) is 0 Å². The molecule has 0 atom stereocenters. The smallest absolute Gasteiger partial charge is 0.254 e. The SMILES string of the molecule is O=C(c1ccc(F)c(F)c1)N1CCN(c2cccc(F)c2)CC1. The van der Waals surface area contributed by atoms with Gasteiger partial charge in [0.15, 0.2) is 11.6 Å². The molecule has 2 aromatic rings. The molecule has 0 saturated carbocycles. The van der Waals surface area contributed by atoms with Gasteiger partial charge in [-0.15, -0.1) is 0 Å². The zero-order chi connectivity index (χ0) is 16.4. The van der Waals surface area contributed by atoms with Crippen molar-refractivity contribution in [3.8, 4) is 0 Å². The number of hydrogen-bond acceptors (Lipinski definition) is 2. The lowest BCUT2D eigenvalue weighted by molar-refractivity contribution is 0.0746. The molecule has 3 rings (SSSR count). The van der Waals surface area contributed by atoms with Crippen LogP contribution in [0.2, 0.25) is 0 Å². The summed E-state index contributed by atoms with van der Waals surface area (Å²) < 4.78 is 39.4. The van der Waals surface area contributed by atoms with E-state index in [1.165, 1.54) is 18.2 Å². The van der Waals surface area contributed by atoms with Gasteiger partial charge in [0, 0.05) is 37.4 Å². The number of anilines is 1. The summed E-state index contributed by atoms with van der Waals surface area (Å²) in [6.45, 7) is 1.99. The highest BCUT2D eigenvalue weighted by molar-refractivity contribution is 5.94. The van der Waals surface area contributed by atoms with Gasteiger partial charge in [-0.3, -0.25) is 4.79 Å². The molecular weight excluding hydrogens is 305 g/mol. The van der Waals surface area contributed by atoms with Crippen molar-refractivity contribution in [3.05, 3.63) is 65.5 Å². The number of halogens is 3. The van der Waals surface area contributed by atoms with Gasteiger partial charge in [0.25, 0.3) is 5.91 Å². The average Bonchev–Trinajstić information content (AvgIpc) is 2.57. The molecule has 1 aliphatic heterocycles. The summed E-state index contributed by atoms with van der Waals surface area (Å²) in [5, 5.41) is 0. The van der Waals surface area contributed by atoms with Gasteiger partial charge >= 0.3 is 0 Å². The summed E-state index contributed by atoms with van der Waals surface area (Å²) in [6, 6.07) is 9.43. The number of hydrogen-bond donors (Lipinski definition) is 0. The van der Waals surface area contributed by atoms with E-state index in [-0.39, 0.29) is 17.3 Å². The highest BCUT2D eigenvalue weighted by Gasteiger charge is 2.23. The van der Waals surface area contributed by atoms with Gasteiger partial charge < -0.3 is 9.80 Å². The maximum atomic E-state index is 13.3. The Bertz CT molecular complexity index is 728. The molecule has 1 saturated heterocycles. The largest absolute Gasteiger partial charge is 0.368 e. The van der Waals surface area contributed by atoms with Crippen molar-refractivity contribution in [2.75, 3.05) is 31.1 Å². The molecular formula is C17H15F3N2O. The number of piperazine rings is 1. The molecule has 3 nitrogen and oxygen atoms in total. The molecule has 0 spiro atoms. The number of nitrogens with zero attached hydrogens (tertiary/aromatic N) is 2. The molecule has 1 fully saturated rings. The van der Waals surface area contributed by atoms with Gasteiger partial charge in [-0.2, -0.15) is 0 Å². The minimum atomic E-state index is -1.03. The third-order valence-electron chi connectivity index (χ3n) is 3.91. The van der Waals surface area contributed by atoms with Crippen molar-refractivity contribution in [1.29, 1.82) is 0 Å². The molecule has 120 valence electrons. The van der Waals surface area contributed by atoms with E-state index in [1.54, 1.807) is 11.0 Å². The normalized spacial score (nSPS) is 14.9. The fourth-order valence-electron chi connectivity index (χ4n) is 2.65. The van der Waals surface area contributed by atoms with Crippen LogP contribution in [0.4, 0.5) is 18.9 Å². The van der Waals surface area contributed by atoms with E-state index in [1.807, 2.05) is 11.0 Å². The zero-order valence-electron chi connectivity index (χ0n) is 12.3. The van der Waals surface area contributed by atoms with Gasteiger partial charge in [0.1, 0.15) is 5.82 Å². The van der Waals surface area contributed by atoms with Crippen molar-refractivity contribution < 1.29 is 18.0 Å². The maximum absolute atomic E-state index is 13.3. The van der Waals surface area contributed by atoms with Gasteiger partial charge in [0.05, 0.1) is 0 Å². The second-order valence-electron chi connectivity index (χ2n) is 5.39. The predicted octanol–water partition coefficient (Wildman–Crippen LogP) is 3.07. The van der Waals surface area contributed by atoms with Crippen molar-refractivity contribution >= 4 is 11.6 Å². The Morgan fingerprint density at radius 3 is 2.26 bits per heavy atom. The van der Waals surface area contributed by atoms with Crippen molar-refractivity contribution in [2.24, 2.45) is 0 Å². The van der Waals surface area contributed by atoms with Gasteiger partial charge in [0.2, 0.25) is 0 Å². The van der Waals surface area contributed by atoms with Gasteiger partial charge in [-0.25, -0.2) is 13.2 Å². The molecule has 23 heavy (non-hydrogen) atoms. The summed E-state index contributed by atoms with van der Waals surface area (Å²) in [6.07, 6.45) is 0. The Hall–Kier alpha value is -2.50. The number of carbonyl (C=O) groups excluding carboxylic acids is 1. The molecule has 1 amide bonds. The lowest BCUT2D eigenvalue weighted by Gasteiger charge is -2.36. The Labute approximate surface area is 131 Å². The predicted molar refractivity (Wildman–Crippen MR) is 80.9 cm³/mol. The second-order valence-corrected chi connectivity index (χ2v) is 5.39. The van der Waals surface area contributed by atoms with Crippen LogP contribution in [0.5, 0.6) is 0 Å². The van der Waals surface area contributed by atoms with Crippen LogP contribution in [0.1, 0.15) is 10.4 Å². The summed E-state index contributed by atoms with van der Waals surface area (Å²) in [5.74, 6) is -2.64. The van der Waals surface area contributed by atoms with Crippen LogP contribution in [0.3, 0.4) is 0 Å². The highest BCUT2D eigenvalue weighted by atomic mass is 19.2. The fraction of sp³-hybridized carbons (Fsp3) is 0.235. The van der Waals surface area contributed by atoms with E-state index in [0.717, 1.165) is 17.8 Å². The summed E-state index contributed by atoms with van der Waals surface area (Å²) in [7, 11) is 0. The van der Waals surface area contributed by atoms with Crippen LogP contribution in [-0.4, -0.2) is 37.0 Å². The number of amides is 1. The van der Waals surface area contributed by atoms with E-state index in [9.17, 15) is 18.0 Å². The first-order valence-electron chi connectivity index (χ1n) is 7.29. The first-order valence-corrected chi connectivity index (χ1v) is 7.29. The molecule has 6 heteroatoms. The average molecular weight is 320 g/mol. The van der Waals surface area contributed by atoms with Crippen LogP contribution >= 0.6 is 0 Å². The number of benzene rings is 2. The van der Waals surface area contributed by atoms with E-state index >= 15 is 0 Å². The Morgan fingerprint density at radius 2 is 1.61 bits per heavy atom. The van der Waals surface area contributed by atoms with E-state index in [0.29, 0.717) is 26.2 Å².